The summed E-state index contributed by atoms with van der Waals surface area (Å²) in [5, 5.41) is 0. The van der Waals surface area contributed by atoms with Gasteiger partial charge in [-0.25, -0.2) is 0 Å². The van der Waals surface area contributed by atoms with Crippen LogP contribution in [-0.4, -0.2) is 18.8 Å². The summed E-state index contributed by atoms with van der Waals surface area (Å²) in [5.74, 6) is 0. The molecule has 0 radical (unpaired) electrons. The van der Waals surface area contributed by atoms with Crippen molar-refractivity contribution in [3.63, 3.8) is 0 Å². The van der Waals surface area contributed by atoms with E-state index in [1.54, 1.807) is 6.26 Å². The predicted octanol–water partition coefficient (Wildman–Crippen LogP) is 2.50. The summed E-state index contributed by atoms with van der Waals surface area (Å²) in [5.41, 5.74) is -0.0439. The number of allylic oxidation sites excluding steroid dienone is 1. The van der Waals surface area contributed by atoms with Crippen LogP contribution in [0, 0.1) is 0 Å². The van der Waals surface area contributed by atoms with Crippen molar-refractivity contribution in [2.45, 2.75) is 38.7 Å². The molecule has 0 aromatic heterocycles. The van der Waals surface area contributed by atoms with Gasteiger partial charge in [0.25, 0.3) is 0 Å². The second-order valence-corrected chi connectivity index (χ2v) is 3.54. The summed E-state index contributed by atoms with van der Waals surface area (Å²) in [6.45, 7) is 5.63. The maximum Gasteiger partial charge on any atom is 0.116 e. The second-order valence-electron chi connectivity index (χ2n) is 3.54. The van der Waals surface area contributed by atoms with Crippen molar-refractivity contribution in [2.75, 3.05) is 13.2 Å². The van der Waals surface area contributed by atoms with E-state index in [4.69, 9.17) is 9.47 Å². The van der Waals surface area contributed by atoms with Crippen LogP contribution in [0.25, 0.3) is 0 Å². The predicted molar refractivity (Wildman–Crippen MR) is 49.0 cm³/mol. The Morgan fingerprint density at radius 2 is 2.33 bits per heavy atom. The van der Waals surface area contributed by atoms with E-state index in [9.17, 15) is 0 Å². The van der Waals surface area contributed by atoms with Gasteiger partial charge in [0.1, 0.15) is 6.61 Å². The van der Waals surface area contributed by atoms with Gasteiger partial charge in [-0.2, -0.15) is 0 Å². The van der Waals surface area contributed by atoms with Crippen LogP contribution in [0.1, 0.15) is 33.1 Å². The number of ether oxygens (including phenoxy) is 2. The molecule has 2 heteroatoms. The van der Waals surface area contributed by atoms with Crippen LogP contribution in [0.2, 0.25) is 0 Å². The third-order valence-corrected chi connectivity index (χ3v) is 2.17. The highest BCUT2D eigenvalue weighted by atomic mass is 16.5. The third kappa shape index (κ3) is 2.86. The Kier molecular flexibility index (Phi) is 3.60. The van der Waals surface area contributed by atoms with Crippen LogP contribution in [-0.2, 0) is 9.47 Å². The van der Waals surface area contributed by atoms with E-state index in [1.807, 2.05) is 13.0 Å². The van der Waals surface area contributed by atoms with E-state index >= 15 is 0 Å². The topological polar surface area (TPSA) is 18.5 Å². The molecule has 0 aliphatic carbocycles. The Morgan fingerprint density at radius 1 is 1.50 bits per heavy atom. The van der Waals surface area contributed by atoms with E-state index in [2.05, 4.69) is 6.92 Å². The fraction of sp³-hybridized carbons (Fsp3) is 0.800. The summed E-state index contributed by atoms with van der Waals surface area (Å²) in [7, 11) is 0. The molecule has 1 atom stereocenters. The van der Waals surface area contributed by atoms with Crippen molar-refractivity contribution in [1.29, 1.82) is 0 Å². The molecule has 0 aromatic rings. The Balaban J connectivity index is 2.26. The van der Waals surface area contributed by atoms with Gasteiger partial charge in [-0.05, 0) is 33.1 Å². The van der Waals surface area contributed by atoms with Crippen molar-refractivity contribution in [3.05, 3.63) is 12.3 Å². The van der Waals surface area contributed by atoms with Gasteiger partial charge in [-0.1, -0.05) is 6.08 Å². The molecular weight excluding hydrogens is 152 g/mol. The van der Waals surface area contributed by atoms with Crippen molar-refractivity contribution in [3.8, 4) is 0 Å². The minimum Gasteiger partial charge on any atom is -0.499 e. The standard InChI is InChI=1S/C10H18O2/c1-3-7-11-9-10(2)6-4-5-8-12-10/h3,7H,4-6,8-9H2,1-2H3/b7-3+. The van der Waals surface area contributed by atoms with Crippen LogP contribution in [0.15, 0.2) is 12.3 Å². The molecule has 0 N–H and O–H groups in total. The highest BCUT2D eigenvalue weighted by Crippen LogP contribution is 2.24. The van der Waals surface area contributed by atoms with E-state index < -0.39 is 0 Å². The average molecular weight is 170 g/mol. The van der Waals surface area contributed by atoms with Gasteiger partial charge < -0.3 is 9.47 Å². The van der Waals surface area contributed by atoms with Gasteiger partial charge in [-0.15, -0.1) is 0 Å². The molecule has 0 spiro atoms. The van der Waals surface area contributed by atoms with E-state index in [0.717, 1.165) is 13.0 Å². The minimum atomic E-state index is -0.0439. The van der Waals surface area contributed by atoms with E-state index in [0.29, 0.717) is 6.61 Å². The number of hydrogen-bond donors (Lipinski definition) is 0. The van der Waals surface area contributed by atoms with Gasteiger partial charge in [0.15, 0.2) is 0 Å². The van der Waals surface area contributed by atoms with Crippen molar-refractivity contribution >= 4 is 0 Å². The Hall–Kier alpha value is -0.500. The van der Waals surface area contributed by atoms with E-state index in [1.165, 1.54) is 12.8 Å². The SMILES string of the molecule is C/C=C/OCC1(C)CCCCO1. The second kappa shape index (κ2) is 4.51. The minimum absolute atomic E-state index is 0.0439. The lowest BCUT2D eigenvalue weighted by Crippen LogP contribution is -2.37. The van der Waals surface area contributed by atoms with Crippen LogP contribution in [0.4, 0.5) is 0 Å². The quantitative estimate of drug-likeness (QED) is 0.606. The summed E-state index contributed by atoms with van der Waals surface area (Å²) in [4.78, 5) is 0. The van der Waals surface area contributed by atoms with Crippen molar-refractivity contribution in [1.82, 2.24) is 0 Å². The van der Waals surface area contributed by atoms with Gasteiger partial charge in [0, 0.05) is 6.61 Å². The smallest absolute Gasteiger partial charge is 0.116 e. The van der Waals surface area contributed by atoms with Crippen molar-refractivity contribution < 1.29 is 9.47 Å². The molecule has 0 aromatic carbocycles. The van der Waals surface area contributed by atoms with Crippen molar-refractivity contribution in [2.24, 2.45) is 0 Å². The third-order valence-electron chi connectivity index (χ3n) is 2.17. The van der Waals surface area contributed by atoms with Gasteiger partial charge in [-0.3, -0.25) is 0 Å². The summed E-state index contributed by atoms with van der Waals surface area (Å²) in [6, 6.07) is 0. The fourth-order valence-electron chi connectivity index (χ4n) is 1.43. The Bertz CT molecular complexity index is 146. The van der Waals surface area contributed by atoms with Gasteiger partial charge in [0.2, 0.25) is 0 Å². The number of hydrogen-bond acceptors (Lipinski definition) is 2. The lowest BCUT2D eigenvalue weighted by molar-refractivity contribution is -0.0968. The summed E-state index contributed by atoms with van der Waals surface area (Å²) in [6.07, 6.45) is 7.19. The molecule has 1 aliphatic heterocycles. The first-order valence-corrected chi connectivity index (χ1v) is 4.63. The lowest BCUT2D eigenvalue weighted by Gasteiger charge is -2.32. The van der Waals surface area contributed by atoms with Crippen LogP contribution in [0.3, 0.4) is 0 Å². The zero-order chi connectivity index (χ0) is 8.86. The summed E-state index contributed by atoms with van der Waals surface area (Å²) >= 11 is 0. The monoisotopic (exact) mass is 170 g/mol. The molecule has 0 bridgehead atoms. The molecule has 1 saturated heterocycles. The molecule has 1 unspecified atom stereocenters. The first-order valence-electron chi connectivity index (χ1n) is 4.63. The van der Waals surface area contributed by atoms with Gasteiger partial charge in [0.05, 0.1) is 11.9 Å². The average Bonchev–Trinajstić information content (AvgIpc) is 2.06. The van der Waals surface area contributed by atoms with E-state index in [-0.39, 0.29) is 5.60 Å². The normalized spacial score (nSPS) is 30.8. The molecule has 2 nitrogen and oxygen atoms in total. The molecule has 1 heterocycles. The summed E-state index contributed by atoms with van der Waals surface area (Å²) < 4.78 is 11.0. The first kappa shape index (κ1) is 9.59. The fourth-order valence-corrected chi connectivity index (χ4v) is 1.43. The number of rotatable bonds is 3. The van der Waals surface area contributed by atoms with Gasteiger partial charge >= 0.3 is 0 Å². The first-order chi connectivity index (χ1) is 5.77. The Labute approximate surface area is 74.6 Å². The molecule has 12 heavy (non-hydrogen) atoms. The van der Waals surface area contributed by atoms with Crippen LogP contribution < -0.4 is 0 Å². The zero-order valence-electron chi connectivity index (χ0n) is 8.01. The highest BCUT2D eigenvalue weighted by molar-refractivity contribution is 4.79. The zero-order valence-corrected chi connectivity index (χ0v) is 8.01. The molecule has 1 aliphatic rings. The lowest BCUT2D eigenvalue weighted by atomic mass is 9.97. The maximum atomic E-state index is 5.65. The molecule has 1 rings (SSSR count). The Morgan fingerprint density at radius 3 is 2.92 bits per heavy atom. The molecule has 0 saturated carbocycles. The molecule has 1 fully saturated rings. The molecular formula is C10H18O2. The largest absolute Gasteiger partial charge is 0.499 e. The molecule has 70 valence electrons. The van der Waals surface area contributed by atoms with Crippen LogP contribution >= 0.6 is 0 Å². The molecule has 0 amide bonds. The highest BCUT2D eigenvalue weighted by Gasteiger charge is 2.27. The van der Waals surface area contributed by atoms with Crippen LogP contribution in [0.5, 0.6) is 0 Å². The maximum absolute atomic E-state index is 5.65.